The molecule has 1 fully saturated rings. The Morgan fingerprint density at radius 3 is 2.45 bits per heavy atom. The second-order valence-electron chi connectivity index (χ2n) is 6.80. The number of aliphatic hydroxyl groups excluding tert-OH is 1. The van der Waals surface area contributed by atoms with E-state index in [1.807, 2.05) is 0 Å². The molecule has 1 aromatic rings. The summed E-state index contributed by atoms with van der Waals surface area (Å²) in [7, 11) is 0. The summed E-state index contributed by atoms with van der Waals surface area (Å²) in [6.45, 7) is 1.50. The molecular formula is C19H18N2O8. The minimum atomic E-state index is -1.75. The molecule has 1 saturated carbocycles. The SMILES string of the molecule is CCOC(=O)[C@H]1CC(=O)[C@H]2C(=C(O)c3ccccc3)C=C([N+](=O)[O-])[C@H]1[C@H]2[N+](=O)[O-]. The molecule has 1 aromatic carbocycles. The Hall–Kier alpha value is -3.56. The number of fused-ring (bicyclic) bond motifs is 2. The molecule has 0 heterocycles. The van der Waals surface area contributed by atoms with Gasteiger partial charge in [-0.3, -0.25) is 29.8 Å². The summed E-state index contributed by atoms with van der Waals surface area (Å²) in [5, 5.41) is 34.2. The molecule has 2 bridgehead atoms. The Balaban J connectivity index is 2.25. The van der Waals surface area contributed by atoms with E-state index in [2.05, 4.69) is 0 Å². The molecule has 152 valence electrons. The lowest BCUT2D eigenvalue weighted by Gasteiger charge is -2.37. The van der Waals surface area contributed by atoms with Crippen LogP contribution in [0.25, 0.3) is 5.76 Å². The number of Topliss-reactive ketones (excluding diaryl/α,β-unsaturated/α-hetero) is 1. The van der Waals surface area contributed by atoms with Gasteiger partial charge in [-0.2, -0.15) is 0 Å². The number of benzene rings is 1. The fourth-order valence-electron chi connectivity index (χ4n) is 4.08. The van der Waals surface area contributed by atoms with Gasteiger partial charge in [0.15, 0.2) is 0 Å². The molecule has 0 aliphatic heterocycles. The summed E-state index contributed by atoms with van der Waals surface area (Å²) >= 11 is 0. The summed E-state index contributed by atoms with van der Waals surface area (Å²) in [4.78, 5) is 47.1. The first kappa shape index (κ1) is 20.2. The van der Waals surface area contributed by atoms with Crippen LogP contribution in [0.15, 0.2) is 47.7 Å². The Labute approximate surface area is 164 Å². The monoisotopic (exact) mass is 402 g/mol. The molecule has 10 nitrogen and oxygen atoms in total. The van der Waals surface area contributed by atoms with E-state index in [1.54, 1.807) is 18.2 Å². The quantitative estimate of drug-likeness (QED) is 0.341. The first-order valence-electron chi connectivity index (χ1n) is 8.95. The van der Waals surface area contributed by atoms with Crippen molar-refractivity contribution in [2.75, 3.05) is 6.61 Å². The van der Waals surface area contributed by atoms with Crippen LogP contribution >= 0.6 is 0 Å². The van der Waals surface area contributed by atoms with Gasteiger partial charge >= 0.3 is 5.97 Å². The average Bonchev–Trinajstić information content (AvgIpc) is 2.69. The van der Waals surface area contributed by atoms with Gasteiger partial charge in [0, 0.05) is 28.6 Å². The number of ketones is 1. The maximum Gasteiger partial charge on any atom is 0.310 e. The van der Waals surface area contributed by atoms with Crippen molar-refractivity contribution >= 4 is 17.5 Å². The summed E-state index contributed by atoms with van der Waals surface area (Å²) in [5.41, 5.74) is -0.513. The normalized spacial score (nSPS) is 27.6. The number of carbonyl (C=O) groups excluding carboxylic acids is 2. The Kier molecular flexibility index (Phi) is 5.44. The minimum absolute atomic E-state index is 0.0275. The maximum atomic E-state index is 12.8. The Bertz CT molecular complexity index is 937. The number of carbonyl (C=O) groups is 2. The third-order valence-corrected chi connectivity index (χ3v) is 5.26. The van der Waals surface area contributed by atoms with Crippen molar-refractivity contribution in [1.82, 2.24) is 0 Å². The number of ether oxygens (including phenoxy) is 1. The molecule has 0 aromatic heterocycles. The third kappa shape index (κ3) is 3.48. The van der Waals surface area contributed by atoms with Crippen molar-refractivity contribution in [3.8, 4) is 0 Å². The summed E-state index contributed by atoms with van der Waals surface area (Å²) in [6.07, 6.45) is 0.552. The van der Waals surface area contributed by atoms with E-state index < -0.39 is 63.3 Å². The van der Waals surface area contributed by atoms with Crippen molar-refractivity contribution in [3.05, 3.63) is 73.5 Å². The number of hydrogen-bond acceptors (Lipinski definition) is 8. The summed E-state index contributed by atoms with van der Waals surface area (Å²) in [5.74, 6) is -6.13. The van der Waals surface area contributed by atoms with Gasteiger partial charge in [0.2, 0.25) is 6.04 Å². The molecule has 0 unspecified atom stereocenters. The maximum absolute atomic E-state index is 12.8. The van der Waals surface area contributed by atoms with Gasteiger partial charge in [0.25, 0.3) is 5.70 Å². The lowest BCUT2D eigenvalue weighted by molar-refractivity contribution is -0.550. The molecule has 0 saturated heterocycles. The highest BCUT2D eigenvalue weighted by Gasteiger charge is 2.62. The van der Waals surface area contributed by atoms with Gasteiger partial charge in [-0.05, 0) is 6.92 Å². The van der Waals surface area contributed by atoms with Crippen LogP contribution in [0.5, 0.6) is 0 Å². The molecule has 29 heavy (non-hydrogen) atoms. The Morgan fingerprint density at radius 2 is 1.90 bits per heavy atom. The Morgan fingerprint density at radius 1 is 1.24 bits per heavy atom. The largest absolute Gasteiger partial charge is 0.507 e. The van der Waals surface area contributed by atoms with E-state index in [0.717, 1.165) is 6.08 Å². The van der Waals surface area contributed by atoms with E-state index in [4.69, 9.17) is 4.74 Å². The van der Waals surface area contributed by atoms with Crippen LogP contribution in [-0.2, 0) is 14.3 Å². The van der Waals surface area contributed by atoms with Crippen LogP contribution in [0, 0.1) is 38.0 Å². The second kappa shape index (κ2) is 7.82. The first-order valence-corrected chi connectivity index (χ1v) is 8.95. The standard InChI is InChI=1S/C19H18N2O8/c1-2-29-19(24)12-9-14(22)16-11(18(23)10-6-4-3-5-7-10)8-13(20(25)26)15(12)17(16)21(27)28/h3-8,12,15-17,23H,2,9H2,1H3/t12-,15-,16+,17+/m0/s1. The lowest BCUT2D eigenvalue weighted by Crippen LogP contribution is -2.55. The third-order valence-electron chi connectivity index (χ3n) is 5.26. The molecular weight excluding hydrogens is 384 g/mol. The van der Waals surface area contributed by atoms with Crippen molar-refractivity contribution in [2.24, 2.45) is 17.8 Å². The fraction of sp³-hybridized carbons (Fsp3) is 0.368. The smallest absolute Gasteiger partial charge is 0.310 e. The molecule has 0 amide bonds. The van der Waals surface area contributed by atoms with Gasteiger partial charge in [-0.1, -0.05) is 30.3 Å². The topological polar surface area (TPSA) is 150 Å². The van der Waals surface area contributed by atoms with E-state index in [1.165, 1.54) is 19.1 Å². The number of nitro groups is 2. The predicted octanol–water partition coefficient (Wildman–Crippen LogP) is 2.16. The van der Waals surface area contributed by atoms with Crippen LogP contribution in [0.1, 0.15) is 18.9 Å². The molecule has 0 radical (unpaired) electrons. The highest BCUT2D eigenvalue weighted by Crippen LogP contribution is 2.47. The van der Waals surface area contributed by atoms with Crippen LogP contribution in [-0.4, -0.2) is 39.4 Å². The van der Waals surface area contributed by atoms with Crippen LogP contribution in [0.3, 0.4) is 0 Å². The van der Waals surface area contributed by atoms with Crippen molar-refractivity contribution < 1.29 is 29.3 Å². The second-order valence-corrected chi connectivity index (χ2v) is 6.80. The average molecular weight is 402 g/mol. The zero-order valence-corrected chi connectivity index (χ0v) is 15.4. The van der Waals surface area contributed by atoms with Gasteiger partial charge in [-0.15, -0.1) is 0 Å². The van der Waals surface area contributed by atoms with Gasteiger partial charge in [-0.25, -0.2) is 0 Å². The lowest BCUT2D eigenvalue weighted by atomic mass is 9.62. The fourth-order valence-corrected chi connectivity index (χ4v) is 4.08. The van der Waals surface area contributed by atoms with E-state index >= 15 is 0 Å². The number of hydrogen-bond donors (Lipinski definition) is 1. The zero-order chi connectivity index (χ0) is 21.3. The van der Waals surface area contributed by atoms with Gasteiger partial charge < -0.3 is 9.84 Å². The zero-order valence-electron chi connectivity index (χ0n) is 15.4. The number of rotatable bonds is 5. The van der Waals surface area contributed by atoms with Crippen LogP contribution in [0.2, 0.25) is 0 Å². The van der Waals surface area contributed by atoms with Gasteiger partial charge in [0.05, 0.1) is 17.4 Å². The van der Waals surface area contributed by atoms with E-state index in [0.29, 0.717) is 0 Å². The van der Waals surface area contributed by atoms with Gasteiger partial charge in [0.1, 0.15) is 23.4 Å². The van der Waals surface area contributed by atoms with Crippen molar-refractivity contribution in [2.45, 2.75) is 19.4 Å². The van der Waals surface area contributed by atoms with E-state index in [-0.39, 0.29) is 17.7 Å². The molecule has 10 heteroatoms. The predicted molar refractivity (Wildman–Crippen MR) is 98.6 cm³/mol. The summed E-state index contributed by atoms with van der Waals surface area (Å²) < 4.78 is 4.90. The number of nitrogens with zero attached hydrogens (tertiary/aromatic N) is 2. The highest BCUT2D eigenvalue weighted by molar-refractivity contribution is 5.93. The molecule has 1 N–H and O–H groups in total. The van der Waals surface area contributed by atoms with Crippen LogP contribution in [0.4, 0.5) is 0 Å². The minimum Gasteiger partial charge on any atom is -0.507 e. The molecule has 2 aliphatic carbocycles. The molecule has 2 aliphatic rings. The molecule has 4 atom stereocenters. The van der Waals surface area contributed by atoms with Crippen molar-refractivity contribution in [3.63, 3.8) is 0 Å². The first-order chi connectivity index (χ1) is 13.8. The molecule has 0 spiro atoms. The number of aliphatic hydroxyl groups is 1. The molecule has 3 rings (SSSR count). The number of esters is 1. The summed E-state index contributed by atoms with van der Waals surface area (Å²) in [6, 6.07) is 6.19. The van der Waals surface area contributed by atoms with Crippen molar-refractivity contribution in [1.29, 1.82) is 0 Å². The highest BCUT2D eigenvalue weighted by atomic mass is 16.6. The van der Waals surface area contributed by atoms with Crippen LogP contribution < -0.4 is 0 Å². The number of allylic oxidation sites excluding steroid dienone is 1. The van der Waals surface area contributed by atoms with E-state index in [9.17, 15) is 34.9 Å².